The van der Waals surface area contributed by atoms with Gasteiger partial charge >= 0.3 is 12.0 Å². The van der Waals surface area contributed by atoms with Gasteiger partial charge in [0.15, 0.2) is 23.8 Å². The van der Waals surface area contributed by atoms with Gasteiger partial charge in [0.05, 0.1) is 22.8 Å². The zero-order valence-electron chi connectivity index (χ0n) is 17.5. The molecule has 0 spiro atoms. The minimum absolute atomic E-state index is 0.0132. The van der Waals surface area contributed by atoms with Gasteiger partial charge in [0, 0.05) is 11.6 Å². The minimum Gasteiger partial charge on any atom is -0.486 e. The third kappa shape index (κ3) is 4.17. The van der Waals surface area contributed by atoms with Gasteiger partial charge < -0.3 is 19.9 Å². The number of amides is 3. The summed E-state index contributed by atoms with van der Waals surface area (Å²) in [6.07, 6.45) is 1.52. The molecule has 0 saturated carbocycles. The maximum Gasteiger partial charge on any atom is 0.339 e. The third-order valence-electron chi connectivity index (χ3n) is 4.71. The highest BCUT2D eigenvalue weighted by Crippen LogP contribution is 2.35. The fraction of sp³-hybridized carbons (Fsp3) is 0.286. The van der Waals surface area contributed by atoms with E-state index in [0.29, 0.717) is 47.0 Å². The van der Waals surface area contributed by atoms with Crippen LogP contribution >= 0.6 is 0 Å². The van der Waals surface area contributed by atoms with Gasteiger partial charge in [0.1, 0.15) is 13.2 Å². The lowest BCUT2D eigenvalue weighted by molar-refractivity contribution is -0.123. The molecule has 1 aliphatic rings. The Balaban J connectivity index is 1.74. The van der Waals surface area contributed by atoms with Crippen molar-refractivity contribution in [1.82, 2.24) is 20.1 Å². The lowest BCUT2D eigenvalue weighted by Gasteiger charge is -2.19. The topological polar surface area (TPSA) is 148 Å². The monoisotopic (exact) mass is 439 g/mol. The minimum atomic E-state index is -1.03. The number of hydrogen-bond donors (Lipinski definition) is 2. The van der Waals surface area contributed by atoms with Gasteiger partial charge in [0.25, 0.3) is 5.91 Å². The third-order valence-corrected chi connectivity index (χ3v) is 4.71. The van der Waals surface area contributed by atoms with Crippen LogP contribution in [0.15, 0.2) is 30.5 Å². The molecule has 0 aliphatic carbocycles. The van der Waals surface area contributed by atoms with Crippen LogP contribution in [0, 0.1) is 0 Å². The van der Waals surface area contributed by atoms with E-state index in [2.05, 4.69) is 5.10 Å². The molecule has 11 heteroatoms. The molecule has 3 heterocycles. The summed E-state index contributed by atoms with van der Waals surface area (Å²) in [5, 5.41) is 6.65. The molecule has 4 rings (SSSR count). The first kappa shape index (κ1) is 21.1. The second-order valence-electron chi connectivity index (χ2n) is 7.32. The van der Waals surface area contributed by atoms with Gasteiger partial charge in [0.2, 0.25) is 0 Å². The summed E-state index contributed by atoms with van der Waals surface area (Å²) in [5.41, 5.74) is 6.76. The number of hydrogen-bond acceptors (Lipinski definition) is 8. The molecule has 32 heavy (non-hydrogen) atoms. The summed E-state index contributed by atoms with van der Waals surface area (Å²) >= 11 is 0. The van der Waals surface area contributed by atoms with Gasteiger partial charge in [-0.25, -0.2) is 19.3 Å². The van der Waals surface area contributed by atoms with Gasteiger partial charge in [-0.2, -0.15) is 5.10 Å². The van der Waals surface area contributed by atoms with Crippen LogP contribution in [0.5, 0.6) is 11.5 Å². The van der Waals surface area contributed by atoms with E-state index in [-0.39, 0.29) is 11.6 Å². The SMILES string of the molecule is CC(C)n1ncc2c(C(=O)OCC(=O)NC(N)=O)cc(-c3ccc4c(c3)OCCO4)nc21. The number of carbonyl (C=O) groups is 3. The summed E-state index contributed by atoms with van der Waals surface area (Å²) in [4.78, 5) is 39.9. The van der Waals surface area contributed by atoms with Crippen molar-refractivity contribution in [3.8, 4) is 22.8 Å². The number of ether oxygens (including phenoxy) is 3. The van der Waals surface area contributed by atoms with E-state index < -0.39 is 24.5 Å². The normalized spacial score (nSPS) is 12.6. The number of urea groups is 1. The average Bonchev–Trinajstić information content (AvgIpc) is 3.20. The summed E-state index contributed by atoms with van der Waals surface area (Å²) < 4.78 is 18.0. The Labute approximate surface area is 182 Å². The molecular formula is C21H21N5O6. The zero-order valence-corrected chi connectivity index (χ0v) is 17.5. The Kier molecular flexibility index (Phi) is 5.63. The Morgan fingerprint density at radius 3 is 2.66 bits per heavy atom. The predicted octanol–water partition coefficient (Wildman–Crippen LogP) is 1.80. The molecule has 0 fully saturated rings. The number of nitrogens with one attached hydrogen (secondary N) is 1. The first-order chi connectivity index (χ1) is 15.3. The highest BCUT2D eigenvalue weighted by molar-refractivity contribution is 6.04. The van der Waals surface area contributed by atoms with E-state index in [9.17, 15) is 14.4 Å². The average molecular weight is 439 g/mol. The van der Waals surface area contributed by atoms with Crippen LogP contribution in [-0.2, 0) is 9.53 Å². The van der Waals surface area contributed by atoms with Crippen LogP contribution in [0.3, 0.4) is 0 Å². The first-order valence-corrected chi connectivity index (χ1v) is 9.88. The number of imide groups is 1. The van der Waals surface area contributed by atoms with Crippen LogP contribution in [-0.4, -0.2) is 52.5 Å². The molecular weight excluding hydrogens is 418 g/mol. The number of fused-ring (bicyclic) bond motifs is 2. The van der Waals surface area contributed by atoms with Crippen molar-refractivity contribution >= 4 is 28.9 Å². The van der Waals surface area contributed by atoms with Crippen molar-refractivity contribution in [1.29, 1.82) is 0 Å². The molecule has 0 radical (unpaired) electrons. The van der Waals surface area contributed by atoms with E-state index >= 15 is 0 Å². The number of esters is 1. The lowest BCUT2D eigenvalue weighted by Crippen LogP contribution is -2.37. The number of benzene rings is 1. The lowest BCUT2D eigenvalue weighted by atomic mass is 10.1. The molecule has 0 atom stereocenters. The molecule has 1 aromatic carbocycles. The molecule has 3 amide bonds. The van der Waals surface area contributed by atoms with E-state index in [1.165, 1.54) is 6.20 Å². The van der Waals surface area contributed by atoms with Gasteiger partial charge in [-0.15, -0.1) is 0 Å². The molecule has 0 bridgehead atoms. The molecule has 2 aromatic heterocycles. The Hall–Kier alpha value is -4.15. The molecule has 166 valence electrons. The molecule has 0 saturated heterocycles. The smallest absolute Gasteiger partial charge is 0.339 e. The van der Waals surface area contributed by atoms with E-state index in [4.69, 9.17) is 24.9 Å². The Morgan fingerprint density at radius 1 is 1.19 bits per heavy atom. The van der Waals surface area contributed by atoms with Crippen molar-refractivity contribution in [3.63, 3.8) is 0 Å². The summed E-state index contributed by atoms with van der Waals surface area (Å²) in [7, 11) is 0. The standard InChI is InChI=1S/C21H21N5O6/c1-11(2)26-19-14(9-23-26)13(20(28)32-10-18(27)25-21(22)29)8-15(24-19)12-3-4-16-17(7-12)31-6-5-30-16/h3-4,7-9,11H,5-6,10H2,1-2H3,(H3,22,25,27,29). The molecule has 1 aliphatic heterocycles. The second kappa shape index (κ2) is 8.53. The fourth-order valence-corrected chi connectivity index (χ4v) is 3.30. The van der Waals surface area contributed by atoms with Crippen LogP contribution in [0.1, 0.15) is 30.2 Å². The van der Waals surface area contributed by atoms with Gasteiger partial charge in [-0.05, 0) is 38.1 Å². The maximum absolute atomic E-state index is 12.8. The van der Waals surface area contributed by atoms with E-state index in [1.54, 1.807) is 22.9 Å². The molecule has 0 unspecified atom stereocenters. The van der Waals surface area contributed by atoms with E-state index in [1.807, 2.05) is 25.2 Å². The quantitative estimate of drug-likeness (QED) is 0.572. The number of rotatable bonds is 5. The molecule has 11 nitrogen and oxygen atoms in total. The molecule has 3 aromatic rings. The molecule has 3 N–H and O–H groups in total. The highest BCUT2D eigenvalue weighted by Gasteiger charge is 2.21. The first-order valence-electron chi connectivity index (χ1n) is 9.88. The summed E-state index contributed by atoms with van der Waals surface area (Å²) in [5.74, 6) is -0.381. The Bertz CT molecular complexity index is 1220. The predicted molar refractivity (Wildman–Crippen MR) is 112 cm³/mol. The van der Waals surface area contributed by atoms with Crippen molar-refractivity contribution in [3.05, 3.63) is 36.0 Å². The number of aromatic nitrogens is 3. The number of primary amides is 1. The highest BCUT2D eigenvalue weighted by atomic mass is 16.6. The maximum atomic E-state index is 12.8. The number of pyridine rings is 1. The fourth-order valence-electron chi connectivity index (χ4n) is 3.30. The van der Waals surface area contributed by atoms with Crippen LogP contribution in [0.4, 0.5) is 4.79 Å². The van der Waals surface area contributed by atoms with Crippen LogP contribution < -0.4 is 20.5 Å². The van der Waals surface area contributed by atoms with Gasteiger partial charge in [-0.3, -0.25) is 10.1 Å². The van der Waals surface area contributed by atoms with Crippen molar-refractivity contribution < 1.29 is 28.6 Å². The van der Waals surface area contributed by atoms with Crippen molar-refractivity contribution in [2.75, 3.05) is 19.8 Å². The summed E-state index contributed by atoms with van der Waals surface area (Å²) in [6, 6.07) is 5.90. The summed E-state index contributed by atoms with van der Waals surface area (Å²) in [6.45, 7) is 4.13. The second-order valence-corrected chi connectivity index (χ2v) is 7.32. The Morgan fingerprint density at radius 2 is 1.94 bits per heavy atom. The van der Waals surface area contributed by atoms with Crippen molar-refractivity contribution in [2.24, 2.45) is 5.73 Å². The van der Waals surface area contributed by atoms with Crippen molar-refractivity contribution in [2.45, 2.75) is 19.9 Å². The van der Waals surface area contributed by atoms with Crippen LogP contribution in [0.25, 0.3) is 22.3 Å². The number of nitrogens with two attached hydrogens (primary N) is 1. The van der Waals surface area contributed by atoms with Crippen LogP contribution in [0.2, 0.25) is 0 Å². The number of nitrogens with zero attached hydrogens (tertiary/aromatic N) is 3. The largest absolute Gasteiger partial charge is 0.486 e. The van der Waals surface area contributed by atoms with E-state index in [0.717, 1.165) is 0 Å². The number of carbonyl (C=O) groups excluding carboxylic acids is 3. The zero-order chi connectivity index (χ0) is 22.8. The van der Waals surface area contributed by atoms with Gasteiger partial charge in [-0.1, -0.05) is 0 Å².